The molecule has 5 heteroatoms. The molecule has 3 heterocycles. The standard InChI is InChI=1S/C24H36O5/c1-6-7-19(26)29-22-14(3)11-16-15(4)12-27-24(5)18(25)9-8-13(2)10-17-21(22)20(16)23(24)28-17/h14-17,20-23H,2,6-12H2,1,3-5H3/t14-,15+,16+,17+,20+,21+,22-,23+,24+/m0/s1. The SMILES string of the molecule is C=C1CCC(=O)[C@@]2(C)OC[C@@H](C)[C@H]3C[C@H](C)[C@H](OC(=O)CCC)[C@H]4[C@@H]3[C@H]2O[C@@H]4C1. The highest BCUT2D eigenvalue weighted by Crippen LogP contribution is 2.57. The molecule has 4 aliphatic rings. The highest BCUT2D eigenvalue weighted by molar-refractivity contribution is 5.88. The Morgan fingerprint density at radius 1 is 1.24 bits per heavy atom. The third-order valence-electron chi connectivity index (χ3n) is 8.01. The van der Waals surface area contributed by atoms with Crippen molar-refractivity contribution in [1.82, 2.24) is 0 Å². The normalized spacial score (nSPS) is 47.0. The van der Waals surface area contributed by atoms with E-state index in [1.54, 1.807) is 0 Å². The van der Waals surface area contributed by atoms with Crippen LogP contribution in [0.3, 0.4) is 0 Å². The monoisotopic (exact) mass is 404 g/mol. The van der Waals surface area contributed by atoms with Crippen molar-refractivity contribution < 1.29 is 23.8 Å². The third-order valence-corrected chi connectivity index (χ3v) is 8.01. The predicted molar refractivity (Wildman–Crippen MR) is 109 cm³/mol. The minimum absolute atomic E-state index is 0.0682. The van der Waals surface area contributed by atoms with E-state index >= 15 is 0 Å². The molecule has 0 radical (unpaired) electrons. The van der Waals surface area contributed by atoms with Crippen molar-refractivity contribution in [3.05, 3.63) is 12.2 Å². The molecule has 3 saturated heterocycles. The van der Waals surface area contributed by atoms with Crippen LogP contribution in [-0.2, 0) is 23.8 Å². The van der Waals surface area contributed by atoms with E-state index in [1.165, 1.54) is 0 Å². The van der Waals surface area contributed by atoms with E-state index in [2.05, 4.69) is 20.4 Å². The van der Waals surface area contributed by atoms with Crippen LogP contribution in [0, 0.1) is 29.6 Å². The first kappa shape index (κ1) is 21.0. The molecule has 29 heavy (non-hydrogen) atoms. The lowest BCUT2D eigenvalue weighted by molar-refractivity contribution is -0.165. The third kappa shape index (κ3) is 3.48. The molecule has 4 fully saturated rings. The van der Waals surface area contributed by atoms with Crippen molar-refractivity contribution >= 4 is 11.8 Å². The highest BCUT2D eigenvalue weighted by Gasteiger charge is 2.64. The van der Waals surface area contributed by atoms with Crippen LogP contribution in [0.2, 0.25) is 0 Å². The molecule has 4 rings (SSSR count). The van der Waals surface area contributed by atoms with E-state index in [0.29, 0.717) is 37.7 Å². The first-order chi connectivity index (χ1) is 13.8. The van der Waals surface area contributed by atoms with Crippen molar-refractivity contribution in [2.45, 2.75) is 90.1 Å². The Balaban J connectivity index is 1.77. The summed E-state index contributed by atoms with van der Waals surface area (Å²) in [5.41, 5.74) is 0.122. The summed E-state index contributed by atoms with van der Waals surface area (Å²) in [5, 5.41) is 0. The molecule has 0 aromatic carbocycles. The smallest absolute Gasteiger partial charge is 0.306 e. The quantitative estimate of drug-likeness (QED) is 0.524. The van der Waals surface area contributed by atoms with Crippen LogP contribution in [0.5, 0.6) is 0 Å². The Hall–Kier alpha value is -1.20. The van der Waals surface area contributed by atoms with Crippen LogP contribution >= 0.6 is 0 Å². The first-order valence-corrected chi connectivity index (χ1v) is 11.4. The van der Waals surface area contributed by atoms with Gasteiger partial charge in [-0.3, -0.25) is 9.59 Å². The largest absolute Gasteiger partial charge is 0.462 e. The Morgan fingerprint density at radius 2 is 2.00 bits per heavy atom. The molecule has 1 saturated carbocycles. The van der Waals surface area contributed by atoms with Gasteiger partial charge in [-0.25, -0.2) is 0 Å². The van der Waals surface area contributed by atoms with Gasteiger partial charge < -0.3 is 14.2 Å². The lowest BCUT2D eigenvalue weighted by Crippen LogP contribution is -2.54. The van der Waals surface area contributed by atoms with Crippen LogP contribution in [0.4, 0.5) is 0 Å². The number of hydrogen-bond acceptors (Lipinski definition) is 5. The van der Waals surface area contributed by atoms with Gasteiger partial charge in [0.2, 0.25) is 0 Å². The van der Waals surface area contributed by atoms with Gasteiger partial charge in [-0.1, -0.05) is 32.9 Å². The van der Waals surface area contributed by atoms with Crippen LogP contribution in [0.15, 0.2) is 12.2 Å². The molecule has 162 valence electrons. The molecule has 9 atom stereocenters. The lowest BCUT2D eigenvalue weighted by atomic mass is 9.59. The first-order valence-electron chi connectivity index (χ1n) is 11.4. The molecule has 0 aromatic rings. The van der Waals surface area contributed by atoms with Gasteiger partial charge in [0.1, 0.15) is 11.7 Å². The number of carbonyl (C=O) groups is 2. The molecular formula is C24H36O5. The maximum Gasteiger partial charge on any atom is 0.306 e. The Morgan fingerprint density at radius 3 is 2.72 bits per heavy atom. The fourth-order valence-electron chi connectivity index (χ4n) is 6.44. The zero-order valence-electron chi connectivity index (χ0n) is 18.3. The van der Waals surface area contributed by atoms with Crippen LogP contribution in [-0.4, -0.2) is 42.3 Å². The number of rotatable bonds is 3. The Labute approximate surface area is 174 Å². The topological polar surface area (TPSA) is 61.8 Å². The van der Waals surface area contributed by atoms with E-state index in [-0.39, 0.29) is 47.8 Å². The minimum atomic E-state index is -0.927. The van der Waals surface area contributed by atoms with Crippen molar-refractivity contribution in [3.63, 3.8) is 0 Å². The minimum Gasteiger partial charge on any atom is -0.462 e. The maximum atomic E-state index is 13.2. The summed E-state index contributed by atoms with van der Waals surface area (Å²) in [7, 11) is 0. The average molecular weight is 405 g/mol. The van der Waals surface area contributed by atoms with Crippen molar-refractivity contribution in [2.24, 2.45) is 29.6 Å². The molecule has 5 nitrogen and oxygen atoms in total. The van der Waals surface area contributed by atoms with Gasteiger partial charge in [0.15, 0.2) is 5.78 Å². The molecule has 2 bridgehead atoms. The van der Waals surface area contributed by atoms with Gasteiger partial charge in [-0.2, -0.15) is 0 Å². The van der Waals surface area contributed by atoms with E-state index in [1.807, 2.05) is 13.8 Å². The van der Waals surface area contributed by atoms with E-state index < -0.39 is 5.60 Å². The summed E-state index contributed by atoms with van der Waals surface area (Å²) in [6, 6.07) is 0. The molecule has 1 aliphatic carbocycles. The van der Waals surface area contributed by atoms with Crippen LogP contribution in [0.25, 0.3) is 0 Å². The average Bonchev–Trinajstić information content (AvgIpc) is 3.02. The van der Waals surface area contributed by atoms with Gasteiger partial charge in [-0.05, 0) is 50.4 Å². The van der Waals surface area contributed by atoms with Crippen LogP contribution < -0.4 is 0 Å². The zero-order valence-corrected chi connectivity index (χ0v) is 18.3. The van der Waals surface area contributed by atoms with Crippen LogP contribution in [0.1, 0.15) is 66.2 Å². The number of ether oxygens (including phenoxy) is 3. The highest BCUT2D eigenvalue weighted by atomic mass is 16.6. The van der Waals surface area contributed by atoms with Crippen molar-refractivity contribution in [3.8, 4) is 0 Å². The fourth-order valence-corrected chi connectivity index (χ4v) is 6.44. The lowest BCUT2D eigenvalue weighted by Gasteiger charge is -2.46. The summed E-state index contributed by atoms with van der Waals surface area (Å²) < 4.78 is 19.1. The molecule has 0 amide bonds. The summed E-state index contributed by atoms with van der Waals surface area (Å²) >= 11 is 0. The number of fused-ring (bicyclic) bond motifs is 2. The van der Waals surface area contributed by atoms with Gasteiger partial charge in [0.05, 0.1) is 18.8 Å². The summed E-state index contributed by atoms with van der Waals surface area (Å²) in [5.74, 6) is 1.30. The van der Waals surface area contributed by atoms with Crippen molar-refractivity contribution in [1.29, 1.82) is 0 Å². The van der Waals surface area contributed by atoms with Gasteiger partial charge in [0.25, 0.3) is 0 Å². The summed E-state index contributed by atoms with van der Waals surface area (Å²) in [6.45, 7) is 13.2. The van der Waals surface area contributed by atoms with Gasteiger partial charge in [-0.15, -0.1) is 0 Å². The Bertz CT molecular complexity index is 687. The molecule has 0 N–H and O–H groups in total. The number of ketones is 1. The van der Waals surface area contributed by atoms with E-state index in [0.717, 1.165) is 24.8 Å². The number of esters is 1. The second-order valence-electron chi connectivity index (χ2n) is 10.1. The number of Topliss-reactive ketones (excluding diaryl/α,β-unsaturated/α-hetero) is 1. The number of carbonyl (C=O) groups excluding carboxylic acids is 2. The molecule has 3 aliphatic heterocycles. The van der Waals surface area contributed by atoms with Crippen molar-refractivity contribution in [2.75, 3.05) is 6.61 Å². The Kier molecular flexibility index (Phi) is 5.67. The zero-order chi connectivity index (χ0) is 20.9. The van der Waals surface area contributed by atoms with Gasteiger partial charge in [0, 0.05) is 24.7 Å². The molecule has 0 unspecified atom stereocenters. The maximum absolute atomic E-state index is 13.2. The molecular weight excluding hydrogens is 368 g/mol. The molecule has 0 aromatic heterocycles. The summed E-state index contributed by atoms with van der Waals surface area (Å²) in [4.78, 5) is 25.7. The van der Waals surface area contributed by atoms with Gasteiger partial charge >= 0.3 is 5.97 Å². The second-order valence-corrected chi connectivity index (χ2v) is 10.1. The summed E-state index contributed by atoms with van der Waals surface area (Å²) in [6.07, 6.45) is 3.58. The predicted octanol–water partition coefficient (Wildman–Crippen LogP) is 4.09. The second kappa shape index (κ2) is 7.81. The fraction of sp³-hybridized carbons (Fsp3) is 0.833. The van der Waals surface area contributed by atoms with E-state index in [9.17, 15) is 9.59 Å². The number of hydrogen-bond donors (Lipinski definition) is 0. The molecule has 0 spiro atoms. The van der Waals surface area contributed by atoms with E-state index in [4.69, 9.17) is 14.2 Å².